The van der Waals surface area contributed by atoms with Gasteiger partial charge in [0.1, 0.15) is 17.4 Å². The summed E-state index contributed by atoms with van der Waals surface area (Å²) in [4.78, 5) is 36.8. The van der Waals surface area contributed by atoms with Crippen molar-refractivity contribution in [1.82, 2.24) is 4.90 Å². The second-order valence-corrected chi connectivity index (χ2v) is 7.02. The zero-order chi connectivity index (χ0) is 22.1. The molecule has 1 saturated heterocycles. The number of carbonyl (C=O) groups is 3. The second-order valence-electron chi connectivity index (χ2n) is 7.02. The Bertz CT molecular complexity index is 1010. The summed E-state index contributed by atoms with van der Waals surface area (Å²) in [6.07, 6.45) is -0.0757. The van der Waals surface area contributed by atoms with E-state index in [-0.39, 0.29) is 48.5 Å². The highest BCUT2D eigenvalue weighted by molar-refractivity contribution is 6.04. The first-order chi connectivity index (χ1) is 14.1. The lowest BCUT2D eigenvalue weighted by Crippen LogP contribution is -2.46. The van der Waals surface area contributed by atoms with Crippen LogP contribution < -0.4 is 5.32 Å². The first kappa shape index (κ1) is 21.5. The molecule has 2 aromatic rings. The van der Waals surface area contributed by atoms with E-state index in [0.717, 1.165) is 17.0 Å². The highest BCUT2D eigenvalue weighted by Crippen LogP contribution is 2.34. The number of hydrogen-bond donors (Lipinski definition) is 1. The number of benzene rings is 2. The maximum absolute atomic E-state index is 14.8. The van der Waals surface area contributed by atoms with Gasteiger partial charge in [-0.1, -0.05) is 0 Å². The van der Waals surface area contributed by atoms with Crippen molar-refractivity contribution in [2.75, 3.05) is 18.4 Å². The van der Waals surface area contributed by atoms with Crippen LogP contribution in [-0.4, -0.2) is 35.6 Å². The van der Waals surface area contributed by atoms with Crippen LogP contribution in [0.3, 0.4) is 0 Å². The molecule has 0 atom stereocenters. The molecule has 9 heteroatoms. The smallest absolute Gasteiger partial charge is 0.336 e. The number of likely N-dealkylation sites (tertiary alicyclic amines) is 1. The average Bonchev–Trinajstić information content (AvgIpc) is 2.71. The second kappa shape index (κ2) is 8.25. The fourth-order valence-corrected chi connectivity index (χ4v) is 3.11. The summed E-state index contributed by atoms with van der Waals surface area (Å²) < 4.78 is 57.1. The first-order valence-corrected chi connectivity index (χ1v) is 9.16. The Balaban J connectivity index is 1.84. The van der Waals surface area contributed by atoms with E-state index in [0.29, 0.717) is 12.1 Å². The normalized spacial score (nSPS) is 14.6. The Kier molecular flexibility index (Phi) is 5.91. The van der Waals surface area contributed by atoms with Gasteiger partial charge in [-0.25, -0.2) is 8.78 Å². The molecule has 1 N–H and O–H groups in total. The van der Waals surface area contributed by atoms with Crippen LogP contribution in [0.5, 0.6) is 0 Å². The Labute approximate surface area is 169 Å². The van der Waals surface area contributed by atoms with Crippen molar-refractivity contribution in [2.24, 2.45) is 0 Å². The van der Waals surface area contributed by atoms with Crippen molar-refractivity contribution >= 4 is 23.3 Å². The van der Waals surface area contributed by atoms with Gasteiger partial charge in [0.25, 0.3) is 11.8 Å². The Morgan fingerprint density at radius 3 is 2.27 bits per heavy atom. The monoisotopic (exact) mass is 422 g/mol. The molecule has 0 aliphatic carbocycles. The number of rotatable bonds is 4. The number of Topliss-reactive ketones (excluding diaryl/α,β-unsaturated/α-hetero) is 1. The van der Waals surface area contributed by atoms with Crippen LogP contribution in [0.15, 0.2) is 36.4 Å². The summed E-state index contributed by atoms with van der Waals surface area (Å²) in [7, 11) is 0. The molecule has 0 bridgehead atoms. The number of nitrogens with one attached hydrogen (secondary N) is 1. The number of ketones is 1. The van der Waals surface area contributed by atoms with E-state index < -0.39 is 34.9 Å². The van der Waals surface area contributed by atoms with Gasteiger partial charge in [-0.15, -0.1) is 0 Å². The summed E-state index contributed by atoms with van der Waals surface area (Å²) in [6, 6.07) is 6.09. The van der Waals surface area contributed by atoms with E-state index >= 15 is 0 Å². The molecule has 0 radical (unpaired) electrons. The molecule has 0 saturated carbocycles. The number of piperidine rings is 1. The number of anilines is 1. The minimum atomic E-state index is -4.22. The minimum Gasteiger partial charge on any atom is -0.336 e. The fourth-order valence-electron chi connectivity index (χ4n) is 3.11. The van der Waals surface area contributed by atoms with Gasteiger partial charge in [0.05, 0.1) is 5.56 Å². The zero-order valence-corrected chi connectivity index (χ0v) is 16.0. The predicted molar refractivity (Wildman–Crippen MR) is 100 cm³/mol. The molecule has 3 rings (SSSR count). The predicted octanol–water partition coefficient (Wildman–Crippen LogP) is 3.81. The van der Waals surface area contributed by atoms with Gasteiger partial charge in [0.15, 0.2) is 0 Å². The van der Waals surface area contributed by atoms with Crippen LogP contribution in [0.25, 0.3) is 0 Å². The molecule has 158 valence electrons. The van der Waals surface area contributed by atoms with Crippen molar-refractivity contribution in [3.05, 3.63) is 64.7 Å². The number of amides is 2. The molecule has 1 fully saturated rings. The largest absolute Gasteiger partial charge is 0.352 e. The Hall–Kier alpha value is -3.23. The Morgan fingerprint density at radius 1 is 1.00 bits per heavy atom. The lowest BCUT2D eigenvalue weighted by atomic mass is 10.0. The van der Waals surface area contributed by atoms with Crippen LogP contribution in [0.2, 0.25) is 0 Å². The number of nitrogens with zero attached hydrogens (tertiary/aromatic N) is 1. The number of hydrogen-bond acceptors (Lipinski definition) is 3. The Morgan fingerprint density at radius 2 is 1.63 bits per heavy atom. The topological polar surface area (TPSA) is 66.5 Å². The van der Waals surface area contributed by atoms with Crippen molar-refractivity contribution in [3.8, 4) is 0 Å². The molecule has 1 heterocycles. The quantitative estimate of drug-likeness (QED) is 0.763. The van der Waals surface area contributed by atoms with Gasteiger partial charge in [-0.05, 0) is 48.9 Å². The van der Waals surface area contributed by atoms with Crippen LogP contribution >= 0.6 is 0 Å². The summed E-state index contributed by atoms with van der Waals surface area (Å²) in [5.74, 6) is -8.61. The SMILES string of the molecule is Cc1cc(NC(=O)c2ccc(F)c(C(F)(F)C(=O)N3CCC(=O)CC3)c2)ccc1F. The van der Waals surface area contributed by atoms with E-state index in [2.05, 4.69) is 5.32 Å². The lowest BCUT2D eigenvalue weighted by molar-refractivity contribution is -0.160. The van der Waals surface area contributed by atoms with Gasteiger partial charge >= 0.3 is 5.92 Å². The third-order valence-corrected chi connectivity index (χ3v) is 4.86. The minimum absolute atomic E-state index is 0.0379. The molecule has 2 aromatic carbocycles. The molecule has 30 heavy (non-hydrogen) atoms. The highest BCUT2D eigenvalue weighted by Gasteiger charge is 2.46. The summed E-state index contributed by atoms with van der Waals surface area (Å²) in [5.41, 5.74) is -1.03. The molecule has 0 aromatic heterocycles. The van der Waals surface area contributed by atoms with Crippen molar-refractivity contribution in [1.29, 1.82) is 0 Å². The number of alkyl halides is 2. The third-order valence-electron chi connectivity index (χ3n) is 4.86. The van der Waals surface area contributed by atoms with Gasteiger partial charge < -0.3 is 10.2 Å². The van der Waals surface area contributed by atoms with Crippen molar-refractivity contribution < 1.29 is 31.9 Å². The van der Waals surface area contributed by atoms with Crippen molar-refractivity contribution in [3.63, 3.8) is 0 Å². The van der Waals surface area contributed by atoms with E-state index in [9.17, 15) is 31.9 Å². The van der Waals surface area contributed by atoms with Crippen LogP contribution in [0.4, 0.5) is 23.2 Å². The van der Waals surface area contributed by atoms with E-state index in [1.54, 1.807) is 0 Å². The van der Waals surface area contributed by atoms with E-state index in [1.165, 1.54) is 19.1 Å². The third kappa shape index (κ3) is 4.34. The van der Waals surface area contributed by atoms with Gasteiger partial charge in [0.2, 0.25) is 0 Å². The zero-order valence-electron chi connectivity index (χ0n) is 16.0. The standard InChI is InChI=1S/C21H18F4N2O3/c1-12-10-14(3-5-17(12)22)26-19(29)13-2-4-18(23)16(11-13)21(24,25)20(30)27-8-6-15(28)7-9-27/h2-5,10-11H,6-9H2,1H3,(H,26,29). The molecular formula is C21H18F4N2O3. The fraction of sp³-hybridized carbons (Fsp3) is 0.286. The van der Waals surface area contributed by atoms with Crippen molar-refractivity contribution in [2.45, 2.75) is 25.7 Å². The van der Waals surface area contributed by atoms with Crippen LogP contribution in [0, 0.1) is 18.6 Å². The highest BCUT2D eigenvalue weighted by atomic mass is 19.3. The summed E-state index contributed by atoms with van der Waals surface area (Å²) in [5, 5.41) is 2.42. The van der Waals surface area contributed by atoms with Gasteiger partial charge in [-0.2, -0.15) is 8.78 Å². The lowest BCUT2D eigenvalue weighted by Gasteiger charge is -2.29. The molecule has 0 spiro atoms. The molecule has 2 amide bonds. The first-order valence-electron chi connectivity index (χ1n) is 9.16. The average molecular weight is 422 g/mol. The maximum Gasteiger partial charge on any atom is 0.352 e. The molecule has 1 aliphatic rings. The molecule has 5 nitrogen and oxygen atoms in total. The van der Waals surface area contributed by atoms with Gasteiger partial charge in [-0.3, -0.25) is 14.4 Å². The van der Waals surface area contributed by atoms with E-state index in [1.807, 2.05) is 0 Å². The van der Waals surface area contributed by atoms with Gasteiger partial charge in [0, 0.05) is 37.2 Å². The molecular weight excluding hydrogens is 404 g/mol. The maximum atomic E-state index is 14.8. The number of aryl methyl sites for hydroxylation is 1. The van der Waals surface area contributed by atoms with Crippen LogP contribution in [0.1, 0.15) is 34.3 Å². The molecule has 1 aliphatic heterocycles. The molecule has 0 unspecified atom stereocenters. The summed E-state index contributed by atoms with van der Waals surface area (Å²) in [6.45, 7) is 1.15. The summed E-state index contributed by atoms with van der Waals surface area (Å²) >= 11 is 0. The van der Waals surface area contributed by atoms with E-state index in [4.69, 9.17) is 0 Å². The number of halogens is 4. The number of carbonyl (C=O) groups excluding carboxylic acids is 3. The van der Waals surface area contributed by atoms with Crippen LogP contribution in [-0.2, 0) is 15.5 Å².